The lowest BCUT2D eigenvalue weighted by Crippen LogP contribution is -2.27. The first-order chi connectivity index (χ1) is 17.3. The first-order valence-corrected chi connectivity index (χ1v) is 13.4. The first kappa shape index (κ1) is 26.4. The molecular formula is C26H28Cl2N4O3S. The minimum Gasteiger partial charge on any atom is -0.493 e. The number of benzene rings is 2. The van der Waals surface area contributed by atoms with Crippen LogP contribution in [0, 0.1) is 0 Å². The second-order valence-corrected chi connectivity index (χ2v) is 10.3. The number of ketones is 1. The molecule has 1 N–H and O–H groups in total. The summed E-state index contributed by atoms with van der Waals surface area (Å²) in [7, 11) is 1.58. The van der Waals surface area contributed by atoms with Gasteiger partial charge in [0, 0.05) is 32.6 Å². The number of thioether (sulfide) groups is 1. The molecule has 10 heteroatoms. The summed E-state index contributed by atoms with van der Waals surface area (Å²) in [6, 6.07) is 10.5. The minimum atomic E-state index is -0.451. The molecule has 0 spiro atoms. The maximum absolute atomic E-state index is 12.7. The Balaban J connectivity index is 1.68. The molecule has 2 heterocycles. The molecule has 1 aliphatic heterocycles. The van der Waals surface area contributed by atoms with Crippen molar-refractivity contribution >= 4 is 46.7 Å². The molecule has 0 amide bonds. The van der Waals surface area contributed by atoms with Crippen LogP contribution in [-0.4, -0.2) is 33.4 Å². The van der Waals surface area contributed by atoms with Crippen molar-refractivity contribution in [3.8, 4) is 11.5 Å². The Bertz CT molecular complexity index is 1290. The number of aromatic nitrogens is 3. The highest BCUT2D eigenvalue weighted by molar-refractivity contribution is 7.99. The number of carbonyl (C=O) groups excluding carboxylic acids is 1. The lowest BCUT2D eigenvalue weighted by atomic mass is 9.93. The number of carbonyl (C=O) groups is 1. The molecule has 3 aromatic rings. The van der Waals surface area contributed by atoms with Crippen molar-refractivity contribution in [2.75, 3.05) is 18.2 Å². The van der Waals surface area contributed by atoms with E-state index in [4.69, 9.17) is 37.8 Å². The fraction of sp³-hybridized carbons (Fsp3) is 0.346. The predicted molar refractivity (Wildman–Crippen MR) is 145 cm³/mol. The number of methoxy groups -OCH3 is 1. The van der Waals surface area contributed by atoms with Crippen LogP contribution in [0.4, 0.5) is 5.95 Å². The van der Waals surface area contributed by atoms with Gasteiger partial charge in [-0.3, -0.25) is 4.79 Å². The van der Waals surface area contributed by atoms with Crippen molar-refractivity contribution in [1.29, 1.82) is 0 Å². The van der Waals surface area contributed by atoms with E-state index in [1.807, 2.05) is 25.1 Å². The number of unbranched alkanes of at least 4 members (excludes halogenated alkanes) is 1. The molecule has 2 aromatic carbocycles. The highest BCUT2D eigenvalue weighted by atomic mass is 35.5. The van der Waals surface area contributed by atoms with Gasteiger partial charge in [-0.05, 0) is 50.1 Å². The Morgan fingerprint density at radius 3 is 2.61 bits per heavy atom. The summed E-state index contributed by atoms with van der Waals surface area (Å²) < 4.78 is 13.4. The van der Waals surface area contributed by atoms with Crippen molar-refractivity contribution in [2.45, 2.75) is 51.4 Å². The van der Waals surface area contributed by atoms with Crippen molar-refractivity contribution in [3.63, 3.8) is 0 Å². The molecule has 0 fully saturated rings. The molecule has 7 nitrogen and oxygen atoms in total. The smallest absolute Gasteiger partial charge is 0.227 e. The van der Waals surface area contributed by atoms with Crippen molar-refractivity contribution in [2.24, 2.45) is 0 Å². The lowest BCUT2D eigenvalue weighted by molar-refractivity contribution is -0.114. The number of halogens is 2. The second kappa shape index (κ2) is 11.6. The Morgan fingerprint density at radius 1 is 1.19 bits per heavy atom. The number of hydrogen-bond acceptors (Lipinski definition) is 7. The largest absolute Gasteiger partial charge is 0.493 e. The molecule has 1 atom stereocenters. The van der Waals surface area contributed by atoms with Crippen molar-refractivity contribution in [1.82, 2.24) is 14.8 Å². The third-order valence-electron chi connectivity index (χ3n) is 5.88. The Hall–Kier alpha value is -2.68. The van der Waals surface area contributed by atoms with E-state index in [1.54, 1.807) is 48.7 Å². The molecule has 0 saturated heterocycles. The second-order valence-electron chi connectivity index (χ2n) is 8.39. The van der Waals surface area contributed by atoms with Gasteiger partial charge in [0.25, 0.3) is 0 Å². The van der Waals surface area contributed by atoms with Crippen LogP contribution < -0.4 is 14.8 Å². The van der Waals surface area contributed by atoms with E-state index in [9.17, 15) is 4.79 Å². The standard InChI is InChI=1S/C26H28Cl2N4O3S/c1-5-6-12-36-26-30-25-29-15(2)23(16(3)33)24(32(25)31-26)17-10-11-21(22(13-17)34-4)35-14-18-19(27)8-7-9-20(18)28/h7-11,13,24H,5-6,12,14H2,1-4H3,(H,29,30,31). The molecule has 0 radical (unpaired) electrons. The number of hydrogen-bond donors (Lipinski definition) is 1. The number of rotatable bonds is 10. The molecule has 1 unspecified atom stereocenters. The summed E-state index contributed by atoms with van der Waals surface area (Å²) in [4.78, 5) is 17.4. The Morgan fingerprint density at radius 2 is 1.94 bits per heavy atom. The maximum Gasteiger partial charge on any atom is 0.227 e. The quantitative estimate of drug-likeness (QED) is 0.218. The average Bonchev–Trinajstić information content (AvgIpc) is 3.25. The summed E-state index contributed by atoms with van der Waals surface area (Å²) >= 11 is 14.2. The summed E-state index contributed by atoms with van der Waals surface area (Å²) in [5, 5.41) is 9.73. The normalized spacial score (nSPS) is 14.9. The van der Waals surface area contributed by atoms with Gasteiger partial charge in [-0.25, -0.2) is 4.68 Å². The molecule has 190 valence electrons. The number of nitrogens with zero attached hydrogens (tertiary/aromatic N) is 3. The fourth-order valence-corrected chi connectivity index (χ4v) is 5.48. The highest BCUT2D eigenvalue weighted by Crippen LogP contribution is 2.40. The van der Waals surface area contributed by atoms with Crippen LogP contribution in [0.15, 0.2) is 52.8 Å². The van der Waals surface area contributed by atoms with E-state index in [-0.39, 0.29) is 12.4 Å². The lowest BCUT2D eigenvalue weighted by Gasteiger charge is -2.28. The van der Waals surface area contributed by atoms with Crippen molar-refractivity contribution in [3.05, 3.63) is 68.8 Å². The van der Waals surface area contributed by atoms with Gasteiger partial charge in [-0.1, -0.05) is 60.4 Å². The zero-order valence-corrected chi connectivity index (χ0v) is 22.9. The van der Waals surface area contributed by atoms with Crippen LogP contribution in [0.1, 0.15) is 50.8 Å². The van der Waals surface area contributed by atoms with Gasteiger partial charge >= 0.3 is 0 Å². The molecule has 0 saturated carbocycles. The van der Waals surface area contributed by atoms with Crippen molar-refractivity contribution < 1.29 is 14.3 Å². The molecule has 0 bridgehead atoms. The number of allylic oxidation sites excluding steroid dienone is 2. The Labute approximate surface area is 225 Å². The van der Waals surface area contributed by atoms with E-state index >= 15 is 0 Å². The predicted octanol–water partition coefficient (Wildman–Crippen LogP) is 6.94. The van der Waals surface area contributed by atoms with Crippen LogP contribution in [0.3, 0.4) is 0 Å². The molecule has 1 aromatic heterocycles. The van der Waals surface area contributed by atoms with E-state index in [1.165, 1.54) is 0 Å². The first-order valence-electron chi connectivity index (χ1n) is 11.7. The number of anilines is 1. The van der Waals surface area contributed by atoms with Crippen LogP contribution in [-0.2, 0) is 11.4 Å². The van der Waals surface area contributed by atoms with Crippen LogP contribution >= 0.6 is 35.0 Å². The van der Waals surface area contributed by atoms with Gasteiger partial charge in [-0.2, -0.15) is 4.98 Å². The average molecular weight is 548 g/mol. The van der Waals surface area contributed by atoms with Crippen LogP contribution in [0.5, 0.6) is 11.5 Å². The van der Waals surface area contributed by atoms with Gasteiger partial charge < -0.3 is 14.8 Å². The van der Waals surface area contributed by atoms with E-state index in [2.05, 4.69) is 17.2 Å². The van der Waals surface area contributed by atoms with E-state index < -0.39 is 6.04 Å². The monoisotopic (exact) mass is 546 g/mol. The summed E-state index contributed by atoms with van der Waals surface area (Å²) in [6.45, 7) is 5.78. The van der Waals surface area contributed by atoms with E-state index in [0.29, 0.717) is 43.8 Å². The maximum atomic E-state index is 12.7. The minimum absolute atomic E-state index is 0.0426. The summed E-state index contributed by atoms with van der Waals surface area (Å²) in [6.07, 6.45) is 2.19. The molecule has 1 aliphatic rings. The van der Waals surface area contributed by atoms with Gasteiger partial charge in [-0.15, -0.1) is 5.10 Å². The zero-order valence-electron chi connectivity index (χ0n) is 20.6. The summed E-state index contributed by atoms with van der Waals surface area (Å²) in [5.41, 5.74) is 2.90. The van der Waals surface area contributed by atoms with Gasteiger partial charge in [0.05, 0.1) is 7.11 Å². The van der Waals surface area contributed by atoms with Crippen LogP contribution in [0.2, 0.25) is 10.0 Å². The fourth-order valence-electron chi connectivity index (χ4n) is 4.06. The van der Waals surface area contributed by atoms with Gasteiger partial charge in [0.2, 0.25) is 11.1 Å². The number of fused-ring (bicyclic) bond motifs is 1. The molecule has 36 heavy (non-hydrogen) atoms. The highest BCUT2D eigenvalue weighted by Gasteiger charge is 2.33. The molecule has 0 aliphatic carbocycles. The number of Topliss-reactive ketones (excluding diaryl/α,β-unsaturated/α-hetero) is 1. The van der Waals surface area contributed by atoms with Crippen LogP contribution in [0.25, 0.3) is 0 Å². The third kappa shape index (κ3) is 5.51. The van der Waals surface area contributed by atoms with E-state index in [0.717, 1.165) is 29.9 Å². The topological polar surface area (TPSA) is 78.3 Å². The molecule has 4 rings (SSSR count). The Kier molecular flexibility index (Phi) is 8.49. The van der Waals surface area contributed by atoms with Gasteiger partial charge in [0.15, 0.2) is 17.3 Å². The van der Waals surface area contributed by atoms with Gasteiger partial charge in [0.1, 0.15) is 12.6 Å². The zero-order chi connectivity index (χ0) is 25.8. The number of ether oxygens (including phenoxy) is 2. The summed E-state index contributed by atoms with van der Waals surface area (Å²) in [5.74, 6) is 2.55. The molecular weight excluding hydrogens is 519 g/mol. The number of nitrogens with one attached hydrogen (secondary N) is 1. The SMILES string of the molecule is CCCCSc1nc2n(n1)C(c1ccc(OCc3c(Cl)cccc3Cl)c(OC)c1)C(C(C)=O)=C(C)N2. The third-order valence-corrected chi connectivity index (χ3v) is 7.51.